The number of benzene rings is 1. The first-order valence-electron chi connectivity index (χ1n) is 4.99. The summed E-state index contributed by atoms with van der Waals surface area (Å²) in [5.74, 6) is -0.234. The summed E-state index contributed by atoms with van der Waals surface area (Å²) >= 11 is 6.44. The van der Waals surface area contributed by atoms with Crippen molar-refractivity contribution in [2.24, 2.45) is 0 Å². The zero-order chi connectivity index (χ0) is 12.3. The van der Waals surface area contributed by atoms with Gasteiger partial charge in [0, 0.05) is 12.1 Å². The van der Waals surface area contributed by atoms with Crippen LogP contribution in [-0.2, 0) is 6.54 Å². The molecule has 17 heavy (non-hydrogen) atoms. The van der Waals surface area contributed by atoms with Crippen molar-refractivity contribution in [3.8, 4) is 0 Å². The average Bonchev–Trinajstić information content (AvgIpc) is 2.74. The maximum absolute atomic E-state index is 13.4. The van der Waals surface area contributed by atoms with E-state index < -0.39 is 0 Å². The molecule has 0 aliphatic carbocycles. The summed E-state index contributed by atoms with van der Waals surface area (Å²) < 4.78 is 17.2. The minimum atomic E-state index is -0.234. The fourth-order valence-corrected chi connectivity index (χ4v) is 2.24. The molecule has 2 aromatic rings. The van der Waals surface area contributed by atoms with Crippen LogP contribution in [0.3, 0.4) is 0 Å². The highest BCUT2D eigenvalue weighted by Crippen LogP contribution is 2.11. The van der Waals surface area contributed by atoms with Crippen LogP contribution in [0.4, 0.5) is 4.39 Å². The second-order valence-electron chi connectivity index (χ2n) is 3.46. The first-order valence-corrected chi connectivity index (χ1v) is 6.17. The number of aryl methyl sites for hydroxylation is 1. The lowest BCUT2D eigenvalue weighted by Crippen LogP contribution is -2.22. The fraction of sp³-hybridized carbons (Fsp3) is 0.182. The highest BCUT2D eigenvalue weighted by Gasteiger charge is 2.09. The van der Waals surface area contributed by atoms with E-state index in [1.54, 1.807) is 18.2 Å². The molecule has 6 heteroatoms. The van der Waals surface area contributed by atoms with E-state index in [-0.39, 0.29) is 5.82 Å². The van der Waals surface area contributed by atoms with Crippen molar-refractivity contribution < 1.29 is 4.39 Å². The van der Waals surface area contributed by atoms with Gasteiger partial charge in [-0.3, -0.25) is 0 Å². The monoisotopic (exact) mass is 267 g/mol. The van der Waals surface area contributed by atoms with Gasteiger partial charge in [0.1, 0.15) is 15.7 Å². The molecule has 0 saturated heterocycles. The maximum Gasteiger partial charge on any atom is 0.128 e. The highest BCUT2D eigenvalue weighted by molar-refractivity contribution is 7.81. The normalized spacial score (nSPS) is 10.2. The van der Waals surface area contributed by atoms with E-state index >= 15 is 0 Å². The zero-order valence-corrected chi connectivity index (χ0v) is 10.7. The Morgan fingerprint density at radius 1 is 1.47 bits per heavy atom. The molecule has 0 fully saturated rings. The van der Waals surface area contributed by atoms with Gasteiger partial charge < -0.3 is 5.32 Å². The molecule has 0 unspecified atom stereocenters. The number of nitrogens with one attached hydrogen (secondary N) is 1. The number of rotatable bonds is 3. The second kappa shape index (κ2) is 5.29. The molecule has 0 bridgehead atoms. The molecule has 0 atom stereocenters. The average molecular weight is 267 g/mol. The summed E-state index contributed by atoms with van der Waals surface area (Å²) in [4.78, 5) is 1.39. The maximum atomic E-state index is 13.4. The van der Waals surface area contributed by atoms with Gasteiger partial charge in [-0.25, -0.2) is 4.39 Å². The van der Waals surface area contributed by atoms with Crippen LogP contribution in [0.2, 0.25) is 0 Å². The van der Waals surface area contributed by atoms with Gasteiger partial charge in [0.05, 0.1) is 5.69 Å². The smallest absolute Gasteiger partial charge is 0.128 e. The Kier molecular flexibility index (Phi) is 3.75. The third-order valence-electron chi connectivity index (χ3n) is 2.26. The van der Waals surface area contributed by atoms with Gasteiger partial charge in [0.2, 0.25) is 0 Å². The molecule has 0 aliphatic heterocycles. The lowest BCUT2D eigenvalue weighted by atomic mass is 10.2. The Labute approximate surface area is 108 Å². The van der Waals surface area contributed by atoms with Crippen molar-refractivity contribution in [3.05, 3.63) is 46.2 Å². The molecule has 1 heterocycles. The van der Waals surface area contributed by atoms with Crippen LogP contribution in [0.15, 0.2) is 24.3 Å². The predicted octanol–water partition coefficient (Wildman–Crippen LogP) is 2.45. The summed E-state index contributed by atoms with van der Waals surface area (Å²) in [6, 6.07) is 6.61. The zero-order valence-electron chi connectivity index (χ0n) is 9.11. The molecule has 0 aliphatic rings. The first kappa shape index (κ1) is 12.1. The van der Waals surface area contributed by atoms with E-state index in [1.807, 2.05) is 6.92 Å². The molecule has 1 N–H and O–H groups in total. The van der Waals surface area contributed by atoms with Gasteiger partial charge in [-0.2, -0.15) is 0 Å². The summed E-state index contributed by atoms with van der Waals surface area (Å²) in [6.45, 7) is 2.21. The number of halogens is 1. The molecular weight excluding hydrogens is 257 g/mol. The first-order chi connectivity index (χ1) is 8.18. The fourth-order valence-electron chi connectivity index (χ4n) is 1.34. The number of hydrogen-bond acceptors (Lipinski definition) is 4. The Morgan fingerprint density at radius 2 is 2.24 bits per heavy atom. The van der Waals surface area contributed by atoms with E-state index in [0.29, 0.717) is 17.1 Å². The van der Waals surface area contributed by atoms with Crippen LogP contribution < -0.4 is 5.32 Å². The lowest BCUT2D eigenvalue weighted by Gasteiger charge is -2.07. The molecule has 0 radical (unpaired) electrons. The molecule has 88 valence electrons. The van der Waals surface area contributed by atoms with Crippen molar-refractivity contribution >= 4 is 28.7 Å². The third-order valence-corrected chi connectivity index (χ3v) is 3.58. The Hall–Kier alpha value is -1.40. The molecule has 0 spiro atoms. The molecule has 3 nitrogen and oxygen atoms in total. The topological polar surface area (TPSA) is 37.8 Å². The van der Waals surface area contributed by atoms with Gasteiger partial charge in [-0.05, 0) is 24.5 Å². The number of thiocarbonyl (C=S) groups is 1. The van der Waals surface area contributed by atoms with Crippen LogP contribution in [-0.4, -0.2) is 14.6 Å². The Bertz CT molecular complexity index is 539. The van der Waals surface area contributed by atoms with Gasteiger partial charge in [-0.15, -0.1) is 5.10 Å². The highest BCUT2D eigenvalue weighted by atomic mass is 32.1. The number of hydrogen-bond donors (Lipinski definition) is 1. The number of nitrogens with zero attached hydrogens (tertiary/aromatic N) is 2. The van der Waals surface area contributed by atoms with Crippen molar-refractivity contribution in [2.45, 2.75) is 13.5 Å². The van der Waals surface area contributed by atoms with Crippen LogP contribution in [0, 0.1) is 12.7 Å². The van der Waals surface area contributed by atoms with Gasteiger partial charge in [0.25, 0.3) is 0 Å². The van der Waals surface area contributed by atoms with Gasteiger partial charge in [-0.1, -0.05) is 34.9 Å². The SMILES string of the molecule is Cc1nnsc1C(=S)NCc1ccccc1F. The van der Waals surface area contributed by atoms with Crippen LogP contribution in [0.1, 0.15) is 16.1 Å². The number of aromatic nitrogens is 2. The van der Waals surface area contributed by atoms with Crippen molar-refractivity contribution in [1.29, 1.82) is 0 Å². The molecule has 0 amide bonds. The summed E-state index contributed by atoms with van der Waals surface area (Å²) in [7, 11) is 0. The van der Waals surface area contributed by atoms with E-state index in [4.69, 9.17) is 12.2 Å². The molecule has 1 aromatic carbocycles. The summed E-state index contributed by atoms with van der Waals surface area (Å²) in [5.41, 5.74) is 1.38. The van der Waals surface area contributed by atoms with E-state index in [1.165, 1.54) is 17.6 Å². The quantitative estimate of drug-likeness (QED) is 0.867. The van der Waals surface area contributed by atoms with Gasteiger partial charge >= 0.3 is 0 Å². The van der Waals surface area contributed by atoms with Crippen LogP contribution in [0.5, 0.6) is 0 Å². The molecule has 0 saturated carbocycles. The predicted molar refractivity (Wildman–Crippen MR) is 69.6 cm³/mol. The van der Waals surface area contributed by atoms with E-state index in [0.717, 1.165) is 10.6 Å². The van der Waals surface area contributed by atoms with Crippen molar-refractivity contribution in [2.75, 3.05) is 0 Å². The minimum absolute atomic E-state index is 0.234. The van der Waals surface area contributed by atoms with Crippen molar-refractivity contribution in [3.63, 3.8) is 0 Å². The standard InChI is InChI=1S/C11H10FN3S2/c1-7-10(17-15-14-7)11(16)13-6-8-4-2-3-5-9(8)12/h2-5H,6H2,1H3,(H,13,16). The summed E-state index contributed by atoms with van der Waals surface area (Å²) in [5, 5.41) is 6.88. The Morgan fingerprint density at radius 3 is 2.88 bits per heavy atom. The second-order valence-corrected chi connectivity index (χ2v) is 4.62. The van der Waals surface area contributed by atoms with E-state index in [9.17, 15) is 4.39 Å². The minimum Gasteiger partial charge on any atom is -0.371 e. The van der Waals surface area contributed by atoms with Crippen LogP contribution >= 0.6 is 23.8 Å². The van der Waals surface area contributed by atoms with Crippen LogP contribution in [0.25, 0.3) is 0 Å². The Balaban J connectivity index is 2.02. The lowest BCUT2D eigenvalue weighted by molar-refractivity contribution is 0.606. The largest absolute Gasteiger partial charge is 0.371 e. The third kappa shape index (κ3) is 2.83. The molecular formula is C11H10FN3S2. The van der Waals surface area contributed by atoms with Gasteiger partial charge in [0.15, 0.2) is 0 Å². The molecule has 2 rings (SSSR count). The van der Waals surface area contributed by atoms with Crippen molar-refractivity contribution in [1.82, 2.24) is 14.9 Å². The molecule has 1 aromatic heterocycles. The van der Waals surface area contributed by atoms with E-state index in [2.05, 4.69) is 14.9 Å². The summed E-state index contributed by atoms with van der Waals surface area (Å²) in [6.07, 6.45) is 0.